The van der Waals surface area contributed by atoms with Gasteiger partial charge < -0.3 is 10.2 Å². The topological polar surface area (TPSA) is 92.3 Å². The Balaban J connectivity index is 1.56. The van der Waals surface area contributed by atoms with Gasteiger partial charge in [-0.3, -0.25) is 4.79 Å². The third-order valence-corrected chi connectivity index (χ3v) is 7.58. The van der Waals surface area contributed by atoms with Crippen LogP contribution in [0, 0.1) is 11.8 Å². The van der Waals surface area contributed by atoms with Crippen molar-refractivity contribution in [1.82, 2.24) is 14.9 Å². The normalized spacial score (nSPS) is 29.1. The van der Waals surface area contributed by atoms with E-state index in [1.54, 1.807) is 0 Å². The van der Waals surface area contributed by atoms with Crippen LogP contribution in [0.1, 0.15) is 41.7 Å². The molecule has 2 aliphatic carbocycles. The maximum Gasteiger partial charge on any atom is 0.434 e. The highest BCUT2D eigenvalue weighted by molar-refractivity contribution is 7.91. The van der Waals surface area contributed by atoms with E-state index in [0.717, 1.165) is 36.8 Å². The first-order chi connectivity index (χ1) is 13.1. The largest absolute Gasteiger partial charge is 0.434 e. The zero-order chi connectivity index (χ0) is 20.1. The van der Waals surface area contributed by atoms with E-state index in [0.29, 0.717) is 11.8 Å². The predicted molar refractivity (Wildman–Crippen MR) is 94.5 cm³/mol. The van der Waals surface area contributed by atoms with Crippen molar-refractivity contribution in [2.45, 2.75) is 37.9 Å². The standard InChI is InChI=1S/C17H21F3N4O3S/c18-17(19,20)14-12(15(25)24-3-5-28(26,27)6-4-24)9-21-16(23-14)22-13-8-10-1-2-11(13)7-10/h9-11,13H,1-8H2,(H,21,22,23)/t10-,11+,13-/m0/s1. The van der Waals surface area contributed by atoms with Crippen molar-refractivity contribution in [2.24, 2.45) is 11.8 Å². The Morgan fingerprint density at radius 2 is 1.89 bits per heavy atom. The predicted octanol–water partition coefficient (Wildman–Crippen LogP) is 1.97. The lowest BCUT2D eigenvalue weighted by atomic mass is 9.95. The molecule has 4 rings (SSSR count). The van der Waals surface area contributed by atoms with E-state index < -0.39 is 33.2 Å². The van der Waals surface area contributed by atoms with E-state index >= 15 is 0 Å². The number of anilines is 1. The summed E-state index contributed by atoms with van der Waals surface area (Å²) in [6, 6.07) is 0.0636. The van der Waals surface area contributed by atoms with Crippen LogP contribution in [-0.2, 0) is 16.0 Å². The SMILES string of the molecule is O=C(c1cnc(N[C@H]2C[C@H]3CC[C@@H]2C3)nc1C(F)(F)F)N1CCS(=O)(=O)CC1. The van der Waals surface area contributed by atoms with E-state index in [4.69, 9.17) is 0 Å². The summed E-state index contributed by atoms with van der Waals surface area (Å²) in [4.78, 5) is 21.3. The molecule has 154 valence electrons. The third kappa shape index (κ3) is 3.81. The Morgan fingerprint density at radius 3 is 2.46 bits per heavy atom. The molecule has 1 saturated heterocycles. The Labute approximate surface area is 160 Å². The minimum Gasteiger partial charge on any atom is -0.351 e. The average molecular weight is 418 g/mol. The average Bonchev–Trinajstić information content (AvgIpc) is 3.23. The van der Waals surface area contributed by atoms with Crippen molar-refractivity contribution in [2.75, 3.05) is 29.9 Å². The second-order valence-corrected chi connectivity index (χ2v) is 10.1. The molecule has 0 spiro atoms. The van der Waals surface area contributed by atoms with Gasteiger partial charge in [-0.2, -0.15) is 13.2 Å². The molecule has 3 fully saturated rings. The first-order valence-corrected chi connectivity index (χ1v) is 11.1. The fourth-order valence-corrected chi connectivity index (χ4v) is 5.70. The molecule has 1 N–H and O–H groups in total. The number of hydrogen-bond donors (Lipinski definition) is 1. The summed E-state index contributed by atoms with van der Waals surface area (Å²) in [7, 11) is -3.25. The lowest BCUT2D eigenvalue weighted by Gasteiger charge is -2.27. The smallest absolute Gasteiger partial charge is 0.351 e. The van der Waals surface area contributed by atoms with E-state index in [-0.39, 0.29) is 36.6 Å². The van der Waals surface area contributed by atoms with Crippen LogP contribution in [-0.4, -0.2) is 59.8 Å². The van der Waals surface area contributed by atoms with E-state index in [1.807, 2.05) is 0 Å². The van der Waals surface area contributed by atoms with Gasteiger partial charge in [-0.25, -0.2) is 18.4 Å². The molecule has 3 atom stereocenters. The maximum atomic E-state index is 13.6. The van der Waals surface area contributed by atoms with Crippen molar-refractivity contribution in [3.05, 3.63) is 17.5 Å². The van der Waals surface area contributed by atoms with Crippen molar-refractivity contribution in [3.8, 4) is 0 Å². The second kappa shape index (κ2) is 6.85. The number of hydrogen-bond acceptors (Lipinski definition) is 6. The number of nitrogens with one attached hydrogen (secondary N) is 1. The molecule has 0 radical (unpaired) electrons. The van der Waals surface area contributed by atoms with Crippen LogP contribution in [0.3, 0.4) is 0 Å². The summed E-state index contributed by atoms with van der Waals surface area (Å²) in [5.41, 5.74) is -1.93. The summed E-state index contributed by atoms with van der Waals surface area (Å²) < 4.78 is 63.7. The molecule has 2 bridgehead atoms. The minimum absolute atomic E-state index is 0.0636. The highest BCUT2D eigenvalue weighted by Gasteiger charge is 2.42. The van der Waals surface area contributed by atoms with Gasteiger partial charge in [0.25, 0.3) is 5.91 Å². The van der Waals surface area contributed by atoms with Crippen LogP contribution < -0.4 is 5.32 Å². The summed E-state index contributed by atoms with van der Waals surface area (Å²) in [5, 5.41) is 3.01. The van der Waals surface area contributed by atoms with E-state index in [9.17, 15) is 26.4 Å². The van der Waals surface area contributed by atoms with Crippen LogP contribution in [0.25, 0.3) is 0 Å². The molecule has 1 amide bonds. The van der Waals surface area contributed by atoms with Crippen molar-refractivity contribution in [1.29, 1.82) is 0 Å². The minimum atomic E-state index is -4.82. The van der Waals surface area contributed by atoms with E-state index in [2.05, 4.69) is 15.3 Å². The van der Waals surface area contributed by atoms with Crippen LogP contribution >= 0.6 is 0 Å². The molecule has 1 aromatic heterocycles. The molecule has 11 heteroatoms. The highest BCUT2D eigenvalue weighted by Crippen LogP contribution is 2.45. The second-order valence-electron chi connectivity index (χ2n) is 7.82. The first-order valence-electron chi connectivity index (χ1n) is 9.33. The third-order valence-electron chi connectivity index (χ3n) is 5.97. The molecule has 7 nitrogen and oxygen atoms in total. The number of rotatable bonds is 3. The van der Waals surface area contributed by atoms with Gasteiger partial charge in [0.1, 0.15) is 0 Å². The van der Waals surface area contributed by atoms with Gasteiger partial charge in [0.15, 0.2) is 15.5 Å². The monoisotopic (exact) mass is 418 g/mol. The van der Waals surface area contributed by atoms with Crippen molar-refractivity contribution >= 4 is 21.7 Å². The molecule has 2 heterocycles. The van der Waals surface area contributed by atoms with Crippen molar-refractivity contribution in [3.63, 3.8) is 0 Å². The number of fused-ring (bicyclic) bond motifs is 2. The number of nitrogens with zero attached hydrogens (tertiary/aromatic N) is 3. The lowest BCUT2D eigenvalue weighted by Crippen LogP contribution is -2.44. The number of alkyl halides is 3. The molecule has 28 heavy (non-hydrogen) atoms. The summed E-state index contributed by atoms with van der Waals surface area (Å²) in [6.07, 6.45) is 0.285. The number of amides is 1. The van der Waals surface area contributed by atoms with Crippen molar-refractivity contribution < 1.29 is 26.4 Å². The number of carbonyl (C=O) groups is 1. The molecule has 1 aliphatic heterocycles. The zero-order valence-corrected chi connectivity index (χ0v) is 15.9. The maximum absolute atomic E-state index is 13.6. The Hall–Kier alpha value is -1.91. The molecule has 0 aromatic carbocycles. The van der Waals surface area contributed by atoms with Gasteiger partial charge >= 0.3 is 6.18 Å². The van der Waals surface area contributed by atoms with Crippen LogP contribution in [0.5, 0.6) is 0 Å². The van der Waals surface area contributed by atoms with Crippen LogP contribution in [0.4, 0.5) is 19.1 Å². The van der Waals surface area contributed by atoms with Crippen LogP contribution in [0.15, 0.2) is 6.20 Å². The van der Waals surface area contributed by atoms with Gasteiger partial charge in [-0.05, 0) is 31.1 Å². The Morgan fingerprint density at radius 1 is 1.18 bits per heavy atom. The van der Waals surface area contributed by atoms with Gasteiger partial charge in [0.05, 0.1) is 17.1 Å². The molecule has 3 aliphatic rings. The van der Waals surface area contributed by atoms with Gasteiger partial charge in [-0.1, -0.05) is 6.42 Å². The number of aromatic nitrogens is 2. The van der Waals surface area contributed by atoms with E-state index in [1.165, 1.54) is 0 Å². The highest BCUT2D eigenvalue weighted by atomic mass is 32.2. The van der Waals surface area contributed by atoms with Gasteiger partial charge in [0.2, 0.25) is 5.95 Å². The molecule has 1 aromatic rings. The zero-order valence-electron chi connectivity index (χ0n) is 15.1. The van der Waals surface area contributed by atoms with Crippen LogP contribution in [0.2, 0.25) is 0 Å². The Kier molecular flexibility index (Phi) is 4.75. The first kappa shape index (κ1) is 19.4. The quantitative estimate of drug-likeness (QED) is 0.807. The number of halogens is 3. The molecular weight excluding hydrogens is 397 g/mol. The fourth-order valence-electron chi connectivity index (χ4n) is 4.50. The van der Waals surface area contributed by atoms with Gasteiger partial charge in [-0.15, -0.1) is 0 Å². The Bertz CT molecular complexity index is 876. The fraction of sp³-hybridized carbons (Fsp3) is 0.706. The summed E-state index contributed by atoms with van der Waals surface area (Å²) in [6.45, 7) is -0.271. The lowest BCUT2D eigenvalue weighted by molar-refractivity contribution is -0.141. The summed E-state index contributed by atoms with van der Waals surface area (Å²) >= 11 is 0. The molecular formula is C17H21F3N4O3S. The number of carbonyl (C=O) groups excluding carboxylic acids is 1. The summed E-state index contributed by atoms with van der Waals surface area (Å²) in [5.74, 6) is -0.493. The molecule has 2 saturated carbocycles. The number of sulfone groups is 1. The molecule has 0 unspecified atom stereocenters. The van der Waals surface area contributed by atoms with Gasteiger partial charge in [0, 0.05) is 25.3 Å².